The molecule has 0 bridgehead atoms. The largest absolute Gasteiger partial charge is 0.281 e. The Labute approximate surface area is 117 Å². The molecule has 1 aromatic carbocycles. The minimum absolute atomic E-state index is 0.169. The van der Waals surface area contributed by atoms with Gasteiger partial charge in [-0.15, -0.1) is 0 Å². The molecule has 104 valence electrons. The highest BCUT2D eigenvalue weighted by atomic mass is 32.2. The third-order valence-corrected chi connectivity index (χ3v) is 5.07. The van der Waals surface area contributed by atoms with Crippen LogP contribution in [0.3, 0.4) is 0 Å². The zero-order valence-electron chi connectivity index (χ0n) is 11.4. The predicted octanol–water partition coefficient (Wildman–Crippen LogP) is 1.72. The Balaban J connectivity index is 2.52. The number of benzene rings is 1. The van der Waals surface area contributed by atoms with Gasteiger partial charge in [0.15, 0.2) is 0 Å². The summed E-state index contributed by atoms with van der Waals surface area (Å²) < 4.78 is 26.4. The number of nitriles is 1. The molecule has 0 unspecified atom stereocenters. The van der Waals surface area contributed by atoms with Crippen LogP contribution in [0.2, 0.25) is 0 Å². The zero-order chi connectivity index (χ0) is 14.9. The first-order valence-electron chi connectivity index (χ1n) is 5.88. The van der Waals surface area contributed by atoms with E-state index in [0.717, 1.165) is 4.31 Å². The van der Waals surface area contributed by atoms with Crippen LogP contribution in [0.15, 0.2) is 29.2 Å². The van der Waals surface area contributed by atoms with Crippen LogP contribution < -0.4 is 4.31 Å². The van der Waals surface area contributed by atoms with Crippen LogP contribution in [0.25, 0.3) is 0 Å². The maximum absolute atomic E-state index is 12.6. The number of rotatable bonds is 3. The molecule has 0 amide bonds. The van der Waals surface area contributed by atoms with E-state index in [1.807, 2.05) is 6.07 Å². The molecule has 0 atom stereocenters. The Hall–Kier alpha value is -2.33. The standard InChI is InChI=1S/C13H14N4O2S/c1-9-13(10(2)16-15-9)20(18,19)17(3)12-6-4-5-11(7-12)8-14/h4-7H,1-3H3,(H,15,16). The van der Waals surface area contributed by atoms with Crippen molar-refractivity contribution in [3.63, 3.8) is 0 Å². The molecule has 0 saturated heterocycles. The molecule has 2 rings (SSSR count). The summed E-state index contributed by atoms with van der Waals surface area (Å²) in [7, 11) is -2.25. The van der Waals surface area contributed by atoms with Crippen molar-refractivity contribution in [2.75, 3.05) is 11.4 Å². The number of sulfonamides is 1. The van der Waals surface area contributed by atoms with Gasteiger partial charge in [-0.3, -0.25) is 9.40 Å². The lowest BCUT2D eigenvalue weighted by Crippen LogP contribution is -2.27. The Bertz CT molecular complexity index is 767. The highest BCUT2D eigenvalue weighted by molar-refractivity contribution is 7.92. The van der Waals surface area contributed by atoms with Crippen molar-refractivity contribution < 1.29 is 8.42 Å². The summed E-state index contributed by atoms with van der Waals surface area (Å²) in [6.07, 6.45) is 0. The molecule has 0 radical (unpaired) electrons. The van der Waals surface area contributed by atoms with E-state index in [9.17, 15) is 8.42 Å². The fraction of sp³-hybridized carbons (Fsp3) is 0.231. The molecule has 0 aliphatic rings. The van der Waals surface area contributed by atoms with Gasteiger partial charge in [-0.1, -0.05) is 6.07 Å². The van der Waals surface area contributed by atoms with Crippen molar-refractivity contribution in [2.24, 2.45) is 0 Å². The van der Waals surface area contributed by atoms with E-state index in [1.54, 1.807) is 32.0 Å². The first-order valence-corrected chi connectivity index (χ1v) is 7.32. The lowest BCUT2D eigenvalue weighted by Gasteiger charge is -2.19. The lowest BCUT2D eigenvalue weighted by molar-refractivity contribution is 0.593. The number of aryl methyl sites for hydroxylation is 2. The summed E-state index contributed by atoms with van der Waals surface area (Å²) in [6, 6.07) is 8.43. The lowest BCUT2D eigenvalue weighted by atomic mass is 10.2. The normalized spacial score (nSPS) is 11.1. The maximum Gasteiger partial charge on any atom is 0.267 e. The van der Waals surface area contributed by atoms with Gasteiger partial charge in [-0.2, -0.15) is 10.4 Å². The van der Waals surface area contributed by atoms with Gasteiger partial charge in [0.2, 0.25) is 0 Å². The van der Waals surface area contributed by atoms with E-state index in [0.29, 0.717) is 22.6 Å². The number of hydrogen-bond donors (Lipinski definition) is 1. The average Bonchev–Trinajstić information content (AvgIpc) is 2.77. The van der Waals surface area contributed by atoms with Gasteiger partial charge in [0.1, 0.15) is 4.90 Å². The van der Waals surface area contributed by atoms with E-state index in [-0.39, 0.29) is 4.90 Å². The van der Waals surface area contributed by atoms with E-state index in [2.05, 4.69) is 10.2 Å². The van der Waals surface area contributed by atoms with Crippen LogP contribution in [-0.2, 0) is 10.0 Å². The monoisotopic (exact) mass is 290 g/mol. The smallest absolute Gasteiger partial charge is 0.267 e. The number of aromatic amines is 1. The molecule has 1 aromatic heterocycles. The van der Waals surface area contributed by atoms with E-state index < -0.39 is 10.0 Å². The van der Waals surface area contributed by atoms with Crippen LogP contribution in [0.4, 0.5) is 5.69 Å². The molecule has 1 heterocycles. The molecular formula is C13H14N4O2S. The molecule has 20 heavy (non-hydrogen) atoms. The number of nitrogens with one attached hydrogen (secondary N) is 1. The molecule has 0 aliphatic carbocycles. The summed E-state index contributed by atoms with van der Waals surface area (Å²) in [5, 5.41) is 15.5. The summed E-state index contributed by atoms with van der Waals surface area (Å²) in [6.45, 7) is 3.29. The summed E-state index contributed by atoms with van der Waals surface area (Å²) in [4.78, 5) is 0.169. The van der Waals surface area contributed by atoms with E-state index in [4.69, 9.17) is 5.26 Å². The maximum atomic E-state index is 12.6. The summed E-state index contributed by atoms with van der Waals surface area (Å²) in [5.74, 6) is 0. The van der Waals surface area contributed by atoms with E-state index in [1.165, 1.54) is 13.1 Å². The second-order valence-corrected chi connectivity index (χ2v) is 6.30. The molecule has 0 saturated carbocycles. The van der Waals surface area contributed by atoms with E-state index >= 15 is 0 Å². The second kappa shape index (κ2) is 4.98. The van der Waals surface area contributed by atoms with Gasteiger partial charge in [0.25, 0.3) is 10.0 Å². The van der Waals surface area contributed by atoms with Crippen molar-refractivity contribution in [2.45, 2.75) is 18.7 Å². The quantitative estimate of drug-likeness (QED) is 0.932. The van der Waals surface area contributed by atoms with Gasteiger partial charge < -0.3 is 0 Å². The Kier molecular flexibility index (Phi) is 3.51. The summed E-state index contributed by atoms with van der Waals surface area (Å²) in [5.41, 5.74) is 1.76. The molecule has 0 aliphatic heterocycles. The van der Waals surface area contributed by atoms with Gasteiger partial charge in [0, 0.05) is 7.05 Å². The first kappa shape index (κ1) is 14.1. The number of aromatic nitrogens is 2. The Morgan fingerprint density at radius 1 is 1.35 bits per heavy atom. The molecule has 7 heteroatoms. The molecule has 1 N–H and O–H groups in total. The minimum atomic E-state index is -3.70. The number of hydrogen-bond acceptors (Lipinski definition) is 4. The fourth-order valence-electron chi connectivity index (χ4n) is 1.97. The van der Waals surface area contributed by atoms with Gasteiger partial charge in [-0.05, 0) is 32.0 Å². The van der Waals surface area contributed by atoms with Crippen molar-refractivity contribution >= 4 is 15.7 Å². The molecule has 2 aromatic rings. The molecule has 0 fully saturated rings. The highest BCUT2D eigenvalue weighted by Crippen LogP contribution is 2.25. The Morgan fingerprint density at radius 3 is 2.60 bits per heavy atom. The van der Waals surface area contributed by atoms with Crippen molar-refractivity contribution in [1.29, 1.82) is 5.26 Å². The second-order valence-electron chi connectivity index (χ2n) is 4.40. The Morgan fingerprint density at radius 2 is 2.05 bits per heavy atom. The van der Waals surface area contributed by atoms with Gasteiger partial charge >= 0.3 is 0 Å². The van der Waals surface area contributed by atoms with Crippen LogP contribution in [0, 0.1) is 25.2 Å². The zero-order valence-corrected chi connectivity index (χ0v) is 12.2. The third-order valence-electron chi connectivity index (χ3n) is 3.02. The van der Waals surface area contributed by atoms with Crippen LogP contribution in [0.5, 0.6) is 0 Å². The topological polar surface area (TPSA) is 89.8 Å². The molecule has 0 spiro atoms. The van der Waals surface area contributed by atoms with Crippen LogP contribution >= 0.6 is 0 Å². The van der Waals surface area contributed by atoms with Crippen molar-refractivity contribution in [3.05, 3.63) is 41.2 Å². The average molecular weight is 290 g/mol. The highest BCUT2D eigenvalue weighted by Gasteiger charge is 2.27. The first-order chi connectivity index (χ1) is 9.37. The van der Waals surface area contributed by atoms with Gasteiger partial charge in [-0.25, -0.2) is 8.42 Å². The number of anilines is 1. The van der Waals surface area contributed by atoms with Crippen LogP contribution in [0.1, 0.15) is 17.0 Å². The van der Waals surface area contributed by atoms with Gasteiger partial charge in [0.05, 0.1) is 28.7 Å². The molecule has 6 nitrogen and oxygen atoms in total. The van der Waals surface area contributed by atoms with Crippen molar-refractivity contribution in [3.8, 4) is 6.07 Å². The minimum Gasteiger partial charge on any atom is -0.281 e. The number of nitrogens with zero attached hydrogens (tertiary/aromatic N) is 3. The number of H-pyrrole nitrogens is 1. The third kappa shape index (κ3) is 2.26. The van der Waals surface area contributed by atoms with Crippen LogP contribution in [-0.4, -0.2) is 25.7 Å². The SMILES string of the molecule is Cc1n[nH]c(C)c1S(=O)(=O)N(C)c1cccc(C#N)c1. The molecular weight excluding hydrogens is 276 g/mol. The fourth-order valence-corrected chi connectivity index (χ4v) is 3.48. The van der Waals surface area contributed by atoms with Crippen molar-refractivity contribution in [1.82, 2.24) is 10.2 Å². The predicted molar refractivity (Wildman–Crippen MR) is 74.8 cm³/mol. The summed E-state index contributed by atoms with van der Waals surface area (Å²) >= 11 is 0.